The highest BCUT2D eigenvalue weighted by Crippen LogP contribution is 2.26. The molecule has 1 aliphatic heterocycles. The fraction of sp³-hybridized carbons (Fsp3) is 0.294. The van der Waals surface area contributed by atoms with Gasteiger partial charge in [0.15, 0.2) is 0 Å². The van der Waals surface area contributed by atoms with Gasteiger partial charge in [-0.3, -0.25) is 0 Å². The molecule has 4 nitrogen and oxygen atoms in total. The molecule has 0 spiro atoms. The number of hydrogen-bond acceptors (Lipinski definition) is 3. The average Bonchev–Trinajstić information content (AvgIpc) is 2.56. The second kappa shape index (κ2) is 6.39. The highest BCUT2D eigenvalue weighted by Gasteiger charge is 2.31. The second-order valence-electron chi connectivity index (χ2n) is 5.59. The Labute approximate surface area is 135 Å². The van der Waals surface area contributed by atoms with E-state index in [2.05, 4.69) is 0 Å². The molecule has 122 valence electrons. The normalized spacial score (nSPS) is 19.7. The summed E-state index contributed by atoms with van der Waals surface area (Å²) in [5.41, 5.74) is 1.78. The van der Waals surface area contributed by atoms with Crippen LogP contribution in [-0.2, 0) is 14.8 Å². The fourth-order valence-electron chi connectivity index (χ4n) is 2.58. The summed E-state index contributed by atoms with van der Waals surface area (Å²) in [7, 11) is -3.55. The van der Waals surface area contributed by atoms with Crippen LogP contribution in [0, 0.1) is 12.7 Å². The first-order chi connectivity index (χ1) is 11.0. The maximum atomic E-state index is 13.0. The molecule has 0 bridgehead atoms. The summed E-state index contributed by atoms with van der Waals surface area (Å²) in [5, 5.41) is 0. The van der Waals surface area contributed by atoms with Crippen molar-refractivity contribution in [3.63, 3.8) is 0 Å². The predicted molar refractivity (Wildman–Crippen MR) is 85.0 cm³/mol. The van der Waals surface area contributed by atoms with Crippen molar-refractivity contribution in [2.75, 3.05) is 19.7 Å². The van der Waals surface area contributed by atoms with Crippen LogP contribution < -0.4 is 0 Å². The third kappa shape index (κ3) is 3.44. The SMILES string of the molecule is Cc1ccc(S(=O)(=O)N2CCOC(c3ccc(F)cc3)C2)cc1. The predicted octanol–water partition coefficient (Wildman–Crippen LogP) is 2.90. The van der Waals surface area contributed by atoms with Gasteiger partial charge in [0.25, 0.3) is 0 Å². The molecule has 1 unspecified atom stereocenters. The Morgan fingerprint density at radius 3 is 2.39 bits per heavy atom. The smallest absolute Gasteiger partial charge is 0.243 e. The molecule has 6 heteroatoms. The molecule has 0 aromatic heterocycles. The first kappa shape index (κ1) is 16.1. The lowest BCUT2D eigenvalue weighted by atomic mass is 10.1. The van der Waals surface area contributed by atoms with Gasteiger partial charge < -0.3 is 4.74 Å². The highest BCUT2D eigenvalue weighted by molar-refractivity contribution is 7.89. The van der Waals surface area contributed by atoms with Crippen LogP contribution in [0.3, 0.4) is 0 Å². The van der Waals surface area contributed by atoms with E-state index in [9.17, 15) is 12.8 Å². The summed E-state index contributed by atoms with van der Waals surface area (Å²) in [6.45, 7) is 2.76. The Hall–Kier alpha value is -1.76. The Kier molecular flexibility index (Phi) is 4.48. The van der Waals surface area contributed by atoms with Crippen molar-refractivity contribution < 1.29 is 17.5 Å². The van der Waals surface area contributed by atoms with Crippen LogP contribution in [0.15, 0.2) is 53.4 Å². The van der Waals surface area contributed by atoms with Crippen molar-refractivity contribution in [2.45, 2.75) is 17.9 Å². The summed E-state index contributed by atoms with van der Waals surface area (Å²) in [6.07, 6.45) is -0.385. The Balaban J connectivity index is 1.82. The Morgan fingerprint density at radius 1 is 1.09 bits per heavy atom. The molecule has 23 heavy (non-hydrogen) atoms. The molecule has 1 heterocycles. The molecular weight excluding hydrogens is 317 g/mol. The van der Waals surface area contributed by atoms with E-state index in [1.807, 2.05) is 6.92 Å². The van der Waals surface area contributed by atoms with E-state index in [1.165, 1.54) is 16.4 Å². The first-order valence-electron chi connectivity index (χ1n) is 7.41. The van der Waals surface area contributed by atoms with Crippen molar-refractivity contribution in [3.05, 3.63) is 65.5 Å². The molecule has 1 atom stereocenters. The molecule has 2 aromatic carbocycles. The summed E-state index contributed by atoms with van der Waals surface area (Å²) >= 11 is 0. The number of benzene rings is 2. The average molecular weight is 335 g/mol. The van der Waals surface area contributed by atoms with Gasteiger partial charge in [0.05, 0.1) is 17.6 Å². The van der Waals surface area contributed by atoms with Gasteiger partial charge in [0, 0.05) is 13.1 Å². The standard InChI is InChI=1S/C17H18FNO3S/c1-13-2-8-16(9-3-13)23(20,21)19-10-11-22-17(12-19)14-4-6-15(18)7-5-14/h2-9,17H,10-12H2,1H3. The van der Waals surface area contributed by atoms with Crippen LogP contribution in [0.25, 0.3) is 0 Å². The highest BCUT2D eigenvalue weighted by atomic mass is 32.2. The zero-order valence-corrected chi connectivity index (χ0v) is 13.6. The van der Waals surface area contributed by atoms with Crippen molar-refractivity contribution in [3.8, 4) is 0 Å². The molecule has 0 amide bonds. The fourth-order valence-corrected chi connectivity index (χ4v) is 4.01. The number of sulfonamides is 1. The van der Waals surface area contributed by atoms with Crippen molar-refractivity contribution >= 4 is 10.0 Å². The third-order valence-electron chi connectivity index (χ3n) is 3.93. The molecule has 0 radical (unpaired) electrons. The van der Waals surface area contributed by atoms with Crippen LogP contribution >= 0.6 is 0 Å². The minimum atomic E-state index is -3.55. The van der Waals surface area contributed by atoms with Crippen molar-refractivity contribution in [1.29, 1.82) is 0 Å². The van der Waals surface area contributed by atoms with Gasteiger partial charge >= 0.3 is 0 Å². The van der Waals surface area contributed by atoms with Crippen LogP contribution in [0.5, 0.6) is 0 Å². The van der Waals surface area contributed by atoms with Gasteiger partial charge in [0.1, 0.15) is 5.82 Å². The van der Waals surface area contributed by atoms with Crippen LogP contribution in [0.4, 0.5) is 4.39 Å². The van der Waals surface area contributed by atoms with E-state index in [4.69, 9.17) is 4.74 Å². The molecule has 0 saturated carbocycles. The monoisotopic (exact) mass is 335 g/mol. The number of halogens is 1. The molecule has 1 saturated heterocycles. The van der Waals surface area contributed by atoms with Gasteiger partial charge in [-0.1, -0.05) is 29.8 Å². The summed E-state index contributed by atoms with van der Waals surface area (Å²) in [6, 6.07) is 12.8. The number of nitrogens with zero attached hydrogens (tertiary/aromatic N) is 1. The Bertz CT molecular complexity index is 772. The lowest BCUT2D eigenvalue weighted by Crippen LogP contribution is -2.42. The summed E-state index contributed by atoms with van der Waals surface area (Å²) < 4.78 is 45.6. The topological polar surface area (TPSA) is 46.6 Å². The minimum absolute atomic E-state index is 0.224. The first-order valence-corrected chi connectivity index (χ1v) is 8.85. The number of ether oxygens (including phenoxy) is 1. The lowest BCUT2D eigenvalue weighted by molar-refractivity contribution is -0.00258. The van der Waals surface area contributed by atoms with Crippen molar-refractivity contribution in [1.82, 2.24) is 4.31 Å². The number of aryl methyl sites for hydroxylation is 1. The van der Waals surface area contributed by atoms with Gasteiger partial charge in [-0.15, -0.1) is 0 Å². The Morgan fingerprint density at radius 2 is 1.74 bits per heavy atom. The van der Waals surface area contributed by atoms with Gasteiger partial charge in [-0.25, -0.2) is 12.8 Å². The maximum Gasteiger partial charge on any atom is 0.243 e. The zero-order chi connectivity index (χ0) is 16.4. The van der Waals surface area contributed by atoms with Crippen LogP contribution in [-0.4, -0.2) is 32.4 Å². The number of hydrogen-bond donors (Lipinski definition) is 0. The van der Waals surface area contributed by atoms with Gasteiger partial charge in [-0.2, -0.15) is 4.31 Å². The summed E-state index contributed by atoms with van der Waals surface area (Å²) in [5.74, 6) is -0.325. The molecule has 1 fully saturated rings. The molecule has 0 aliphatic carbocycles. The maximum absolute atomic E-state index is 13.0. The number of morpholine rings is 1. The molecule has 1 aliphatic rings. The van der Waals surface area contributed by atoms with Gasteiger partial charge in [0.2, 0.25) is 10.0 Å². The third-order valence-corrected chi connectivity index (χ3v) is 5.81. The van der Waals surface area contributed by atoms with E-state index in [0.717, 1.165) is 11.1 Å². The van der Waals surface area contributed by atoms with E-state index in [0.29, 0.717) is 13.2 Å². The molecule has 0 N–H and O–H groups in total. The summed E-state index contributed by atoms with van der Waals surface area (Å²) in [4.78, 5) is 0.280. The molecule has 3 rings (SSSR count). The quantitative estimate of drug-likeness (QED) is 0.866. The van der Waals surface area contributed by atoms with Crippen LogP contribution in [0.2, 0.25) is 0 Å². The van der Waals surface area contributed by atoms with Crippen LogP contribution in [0.1, 0.15) is 17.2 Å². The van der Waals surface area contributed by atoms with E-state index in [-0.39, 0.29) is 23.4 Å². The van der Waals surface area contributed by atoms with E-state index < -0.39 is 10.0 Å². The second-order valence-corrected chi connectivity index (χ2v) is 7.53. The largest absolute Gasteiger partial charge is 0.371 e. The lowest BCUT2D eigenvalue weighted by Gasteiger charge is -2.32. The molecule has 2 aromatic rings. The minimum Gasteiger partial charge on any atom is -0.371 e. The van der Waals surface area contributed by atoms with Crippen molar-refractivity contribution in [2.24, 2.45) is 0 Å². The molecular formula is C17H18FNO3S. The van der Waals surface area contributed by atoms with E-state index >= 15 is 0 Å². The van der Waals surface area contributed by atoms with Gasteiger partial charge in [-0.05, 0) is 36.8 Å². The van der Waals surface area contributed by atoms with E-state index in [1.54, 1.807) is 36.4 Å². The zero-order valence-electron chi connectivity index (χ0n) is 12.8. The number of rotatable bonds is 3.